The Balaban J connectivity index is 1.48. The molecule has 1 aliphatic heterocycles. The van der Waals surface area contributed by atoms with Gasteiger partial charge in [-0.05, 0) is 31.4 Å². The van der Waals surface area contributed by atoms with E-state index in [-0.39, 0.29) is 5.91 Å². The monoisotopic (exact) mass is 354 g/mol. The number of fused-ring (bicyclic) bond motifs is 1. The normalized spacial score (nSPS) is 20.0. The van der Waals surface area contributed by atoms with Gasteiger partial charge in [0.05, 0.1) is 5.56 Å². The predicted octanol–water partition coefficient (Wildman–Crippen LogP) is 3.54. The van der Waals surface area contributed by atoms with Crippen molar-refractivity contribution in [1.82, 2.24) is 19.4 Å². The van der Waals surface area contributed by atoms with Gasteiger partial charge in [-0.2, -0.15) is 0 Å². The number of carbonyl (C=O) groups excluding carboxylic acids is 1. The van der Waals surface area contributed by atoms with E-state index in [1.165, 1.54) is 32.1 Å². The molecule has 2 aromatic rings. The summed E-state index contributed by atoms with van der Waals surface area (Å²) in [6.45, 7) is 6.77. The first-order valence-electron chi connectivity index (χ1n) is 10.2. The molecule has 1 saturated carbocycles. The molecule has 3 heterocycles. The van der Waals surface area contributed by atoms with Crippen LogP contribution < -0.4 is 0 Å². The number of hydrogen-bond donors (Lipinski definition) is 0. The highest BCUT2D eigenvalue weighted by atomic mass is 16.2. The van der Waals surface area contributed by atoms with Crippen LogP contribution in [0.4, 0.5) is 0 Å². The summed E-state index contributed by atoms with van der Waals surface area (Å²) in [6, 6.07) is 4.70. The van der Waals surface area contributed by atoms with Crippen LogP contribution in [0.15, 0.2) is 24.5 Å². The van der Waals surface area contributed by atoms with Crippen molar-refractivity contribution < 1.29 is 4.79 Å². The maximum absolute atomic E-state index is 13.2. The van der Waals surface area contributed by atoms with E-state index < -0.39 is 0 Å². The van der Waals surface area contributed by atoms with Crippen LogP contribution in [0.3, 0.4) is 0 Å². The first-order chi connectivity index (χ1) is 12.8. The van der Waals surface area contributed by atoms with Crippen LogP contribution in [-0.4, -0.2) is 57.5 Å². The van der Waals surface area contributed by atoms with E-state index in [4.69, 9.17) is 0 Å². The Morgan fingerprint density at radius 1 is 1.15 bits per heavy atom. The van der Waals surface area contributed by atoms with Gasteiger partial charge in [-0.15, -0.1) is 0 Å². The van der Waals surface area contributed by atoms with Crippen LogP contribution in [0, 0.1) is 0 Å². The molecule has 0 spiro atoms. The lowest BCUT2D eigenvalue weighted by molar-refractivity contribution is 0.0525. The van der Waals surface area contributed by atoms with Gasteiger partial charge in [0.15, 0.2) is 0 Å². The van der Waals surface area contributed by atoms with Crippen LogP contribution in [0.1, 0.15) is 55.8 Å². The van der Waals surface area contributed by atoms with Crippen molar-refractivity contribution >= 4 is 16.9 Å². The molecule has 0 bridgehead atoms. The van der Waals surface area contributed by atoms with Gasteiger partial charge in [0, 0.05) is 56.5 Å². The summed E-state index contributed by atoms with van der Waals surface area (Å²) in [5.41, 5.74) is 1.74. The number of carbonyl (C=O) groups is 1. The van der Waals surface area contributed by atoms with Crippen LogP contribution in [0.5, 0.6) is 0 Å². The molecular weight excluding hydrogens is 324 g/mol. The zero-order valence-electron chi connectivity index (χ0n) is 15.9. The molecular formula is C21H30N4O. The molecule has 1 saturated heterocycles. The molecule has 140 valence electrons. The van der Waals surface area contributed by atoms with Crippen molar-refractivity contribution in [2.75, 3.05) is 26.2 Å². The highest BCUT2D eigenvalue weighted by Crippen LogP contribution is 2.25. The molecule has 0 unspecified atom stereocenters. The van der Waals surface area contributed by atoms with Crippen molar-refractivity contribution in [1.29, 1.82) is 0 Å². The van der Waals surface area contributed by atoms with Crippen molar-refractivity contribution in [3.8, 4) is 0 Å². The summed E-state index contributed by atoms with van der Waals surface area (Å²) in [6.07, 6.45) is 11.7. The average Bonchev–Trinajstić information content (AvgIpc) is 3.07. The van der Waals surface area contributed by atoms with Crippen LogP contribution >= 0.6 is 0 Å². The van der Waals surface area contributed by atoms with Crippen molar-refractivity contribution in [2.45, 2.75) is 58.0 Å². The third-order valence-corrected chi connectivity index (χ3v) is 6.02. The van der Waals surface area contributed by atoms with Crippen LogP contribution in [0.2, 0.25) is 0 Å². The Bertz CT molecular complexity index is 754. The Morgan fingerprint density at radius 3 is 2.65 bits per heavy atom. The quantitative estimate of drug-likeness (QED) is 0.843. The largest absolute Gasteiger partial charge is 0.336 e. The molecule has 2 aliphatic rings. The molecule has 26 heavy (non-hydrogen) atoms. The first kappa shape index (κ1) is 17.5. The number of aromatic nitrogens is 2. The summed E-state index contributed by atoms with van der Waals surface area (Å²) in [4.78, 5) is 22.3. The SMILES string of the molecule is CCCn1cc(C(=O)N2CCN(C3CCCCC3)CC2)c2cccnc21. The van der Waals surface area contributed by atoms with Crippen molar-refractivity contribution in [3.05, 3.63) is 30.1 Å². The molecule has 1 amide bonds. The van der Waals surface area contributed by atoms with E-state index in [9.17, 15) is 4.79 Å². The minimum atomic E-state index is 0.168. The second-order valence-corrected chi connectivity index (χ2v) is 7.73. The standard InChI is InChI=1S/C21H30N4O/c1-2-11-25-16-19(18-9-6-10-22-20(18)25)21(26)24-14-12-23(13-15-24)17-7-4-3-5-8-17/h6,9-10,16-17H,2-5,7-8,11-15H2,1H3. The minimum Gasteiger partial charge on any atom is -0.336 e. The van der Waals surface area contributed by atoms with E-state index in [1.54, 1.807) is 0 Å². The fourth-order valence-corrected chi connectivity index (χ4v) is 4.61. The smallest absolute Gasteiger partial charge is 0.256 e. The Hall–Kier alpha value is -1.88. The van der Waals surface area contributed by atoms with E-state index in [2.05, 4.69) is 21.4 Å². The van der Waals surface area contributed by atoms with E-state index >= 15 is 0 Å². The predicted molar refractivity (Wildman–Crippen MR) is 104 cm³/mol. The fourth-order valence-electron chi connectivity index (χ4n) is 4.61. The molecule has 0 radical (unpaired) electrons. The summed E-state index contributed by atoms with van der Waals surface area (Å²) in [5, 5.41) is 0.987. The first-order valence-corrected chi connectivity index (χ1v) is 10.2. The zero-order valence-corrected chi connectivity index (χ0v) is 15.9. The summed E-state index contributed by atoms with van der Waals surface area (Å²) in [7, 11) is 0. The summed E-state index contributed by atoms with van der Waals surface area (Å²) in [5.74, 6) is 0.168. The van der Waals surface area contributed by atoms with E-state index in [1.807, 2.05) is 29.4 Å². The lowest BCUT2D eigenvalue weighted by Gasteiger charge is -2.40. The third kappa shape index (κ3) is 3.37. The molecule has 5 heteroatoms. The Morgan fingerprint density at radius 2 is 1.92 bits per heavy atom. The van der Waals surface area contributed by atoms with E-state index in [0.29, 0.717) is 0 Å². The third-order valence-electron chi connectivity index (χ3n) is 6.02. The number of amides is 1. The molecule has 0 aromatic carbocycles. The van der Waals surface area contributed by atoms with Gasteiger partial charge in [0.1, 0.15) is 5.65 Å². The second kappa shape index (κ2) is 7.78. The summed E-state index contributed by atoms with van der Waals surface area (Å²) >= 11 is 0. The number of aryl methyl sites for hydroxylation is 1. The van der Waals surface area contributed by atoms with Crippen molar-refractivity contribution in [2.24, 2.45) is 0 Å². The lowest BCUT2D eigenvalue weighted by Crippen LogP contribution is -2.52. The van der Waals surface area contributed by atoms with Gasteiger partial charge in [-0.3, -0.25) is 9.69 Å². The fraction of sp³-hybridized carbons (Fsp3) is 0.619. The minimum absolute atomic E-state index is 0.168. The molecule has 5 nitrogen and oxygen atoms in total. The van der Waals surface area contributed by atoms with E-state index in [0.717, 1.165) is 61.8 Å². The number of nitrogens with zero attached hydrogens (tertiary/aromatic N) is 4. The average molecular weight is 354 g/mol. The highest BCUT2D eigenvalue weighted by molar-refractivity contribution is 6.06. The van der Waals surface area contributed by atoms with Gasteiger partial charge in [0.25, 0.3) is 5.91 Å². The Kier molecular flexibility index (Phi) is 5.25. The van der Waals surface area contributed by atoms with Gasteiger partial charge in [-0.25, -0.2) is 4.98 Å². The number of hydrogen-bond acceptors (Lipinski definition) is 3. The lowest BCUT2D eigenvalue weighted by atomic mass is 9.94. The van der Waals surface area contributed by atoms with Crippen molar-refractivity contribution in [3.63, 3.8) is 0 Å². The number of pyridine rings is 1. The number of piperazine rings is 1. The summed E-state index contributed by atoms with van der Waals surface area (Å²) < 4.78 is 2.13. The topological polar surface area (TPSA) is 41.4 Å². The van der Waals surface area contributed by atoms with Gasteiger partial charge in [0.2, 0.25) is 0 Å². The highest BCUT2D eigenvalue weighted by Gasteiger charge is 2.28. The maximum Gasteiger partial charge on any atom is 0.256 e. The zero-order chi connectivity index (χ0) is 17.9. The molecule has 0 atom stereocenters. The maximum atomic E-state index is 13.2. The van der Waals surface area contributed by atoms with Crippen LogP contribution in [0.25, 0.3) is 11.0 Å². The molecule has 2 fully saturated rings. The molecule has 4 rings (SSSR count). The van der Waals surface area contributed by atoms with Crippen LogP contribution in [-0.2, 0) is 6.54 Å². The van der Waals surface area contributed by atoms with Gasteiger partial charge in [-0.1, -0.05) is 26.2 Å². The van der Waals surface area contributed by atoms with Gasteiger partial charge >= 0.3 is 0 Å². The molecule has 1 aliphatic carbocycles. The van der Waals surface area contributed by atoms with Gasteiger partial charge < -0.3 is 9.47 Å². The second-order valence-electron chi connectivity index (χ2n) is 7.73. The Labute approximate surface area is 156 Å². The number of rotatable bonds is 4. The molecule has 2 aromatic heterocycles. The molecule has 0 N–H and O–H groups in total.